The zero-order valence-electron chi connectivity index (χ0n) is 11.5. The van der Waals surface area contributed by atoms with Crippen LogP contribution in [0.3, 0.4) is 0 Å². The summed E-state index contributed by atoms with van der Waals surface area (Å²) in [7, 11) is 0. The molecule has 0 aliphatic carbocycles. The number of hydrogen-bond acceptors (Lipinski definition) is 1. The Labute approximate surface area is 105 Å². The van der Waals surface area contributed by atoms with Crippen LogP contribution in [0.25, 0.3) is 0 Å². The first-order valence-corrected chi connectivity index (χ1v) is 6.69. The summed E-state index contributed by atoms with van der Waals surface area (Å²) in [5.41, 5.74) is 5.94. The highest BCUT2D eigenvalue weighted by atomic mass is 16.4. The van der Waals surface area contributed by atoms with E-state index in [9.17, 15) is 0 Å². The van der Waals surface area contributed by atoms with E-state index in [0.29, 0.717) is 19.6 Å². The maximum Gasteiger partial charge on any atom is 0.317 e. The molecule has 2 aliphatic heterocycles. The fourth-order valence-electron chi connectivity index (χ4n) is 3.56. The molecule has 0 saturated carbocycles. The zero-order chi connectivity index (χ0) is 12.4. The van der Waals surface area contributed by atoms with Crippen LogP contribution < -0.4 is 10.9 Å². The second-order valence-corrected chi connectivity index (χ2v) is 6.72. The molecule has 2 heterocycles. The Hall–Kier alpha value is -0.690. The molecule has 3 heteroatoms. The van der Waals surface area contributed by atoms with Crippen molar-refractivity contribution in [3.8, 4) is 0 Å². The fourth-order valence-corrected chi connectivity index (χ4v) is 3.56. The first-order chi connectivity index (χ1) is 7.92. The third-order valence-corrected chi connectivity index (χ3v) is 4.39. The van der Waals surface area contributed by atoms with Crippen LogP contribution in [0.4, 0.5) is 0 Å². The lowest BCUT2D eigenvalue weighted by Crippen LogP contribution is -2.39. The molecular weight excluding hydrogens is 206 g/mol. The first-order valence-electron chi connectivity index (χ1n) is 6.69. The van der Waals surface area contributed by atoms with E-state index in [2.05, 4.69) is 46.8 Å². The van der Waals surface area contributed by atoms with Crippen LogP contribution in [0.1, 0.15) is 38.8 Å². The first kappa shape index (κ1) is 11.4. The molecule has 0 fully saturated rings. The number of rotatable bonds is 1. The third kappa shape index (κ3) is 1.45. The van der Waals surface area contributed by atoms with E-state index >= 15 is 0 Å². The second kappa shape index (κ2) is 3.41. The Bertz CT molecular complexity index is 479. The zero-order valence-corrected chi connectivity index (χ0v) is 11.5. The van der Waals surface area contributed by atoms with Gasteiger partial charge in [-0.05, 0) is 35.4 Å². The van der Waals surface area contributed by atoms with E-state index in [1.807, 2.05) is 0 Å². The Balaban J connectivity index is 2.21. The lowest BCUT2D eigenvalue weighted by Gasteiger charge is -2.24. The van der Waals surface area contributed by atoms with Gasteiger partial charge in [0.2, 0.25) is 0 Å². The van der Waals surface area contributed by atoms with Gasteiger partial charge >= 0.3 is 13.8 Å². The largest absolute Gasteiger partial charge is 0.490 e. The molecule has 0 bridgehead atoms. The monoisotopic (exact) mass is 226 g/mol. The predicted octanol–water partition coefficient (Wildman–Crippen LogP) is 2.17. The average Bonchev–Trinajstić information content (AvgIpc) is 2.73. The lowest BCUT2D eigenvalue weighted by atomic mass is 9.47. The van der Waals surface area contributed by atoms with E-state index in [1.165, 1.54) is 22.1 Å². The van der Waals surface area contributed by atoms with Crippen LogP contribution in [0.2, 0.25) is 11.1 Å². The molecule has 3 rings (SSSR count). The average molecular weight is 226 g/mol. The third-order valence-electron chi connectivity index (χ3n) is 4.39. The van der Waals surface area contributed by atoms with Gasteiger partial charge in [0.1, 0.15) is 0 Å². The van der Waals surface area contributed by atoms with Gasteiger partial charge in [0.05, 0.1) is 0 Å². The minimum atomic E-state index is 0.258. The molecular formula is C14H20B2O. The van der Waals surface area contributed by atoms with Crippen molar-refractivity contribution >= 4 is 24.8 Å². The lowest BCUT2D eigenvalue weighted by molar-refractivity contribution is 0.530. The normalized spacial score (nSPS) is 20.4. The standard InChI is InChI=1S/C14H20B2O/c1-9(2)15-12-10(3)6-7-11-8-14(4,5)16(17-15)13(11)12/h6-7,9H,8H2,1-5H3. The Morgan fingerprint density at radius 1 is 1.24 bits per heavy atom. The van der Waals surface area contributed by atoms with Gasteiger partial charge in [-0.15, -0.1) is 0 Å². The summed E-state index contributed by atoms with van der Waals surface area (Å²) >= 11 is 0. The summed E-state index contributed by atoms with van der Waals surface area (Å²) in [5.74, 6) is 0.557. The quantitative estimate of drug-likeness (QED) is 0.666. The van der Waals surface area contributed by atoms with Crippen molar-refractivity contribution in [1.29, 1.82) is 0 Å². The van der Waals surface area contributed by atoms with E-state index in [0.717, 1.165) is 6.42 Å². The molecule has 0 unspecified atom stereocenters. The molecule has 1 aromatic rings. The molecule has 0 aromatic heterocycles. The molecule has 0 amide bonds. The van der Waals surface area contributed by atoms with E-state index < -0.39 is 0 Å². The van der Waals surface area contributed by atoms with Crippen molar-refractivity contribution in [2.24, 2.45) is 0 Å². The maximum atomic E-state index is 6.39. The second-order valence-electron chi connectivity index (χ2n) is 6.72. The number of hydrogen-bond donors (Lipinski definition) is 0. The van der Waals surface area contributed by atoms with E-state index in [4.69, 9.17) is 4.57 Å². The van der Waals surface area contributed by atoms with Crippen LogP contribution in [0.5, 0.6) is 0 Å². The molecule has 88 valence electrons. The highest BCUT2D eigenvalue weighted by molar-refractivity contribution is 6.93. The van der Waals surface area contributed by atoms with Gasteiger partial charge in [-0.3, -0.25) is 0 Å². The van der Waals surface area contributed by atoms with Gasteiger partial charge in [0, 0.05) is 0 Å². The predicted molar refractivity (Wildman–Crippen MR) is 75.9 cm³/mol. The minimum Gasteiger partial charge on any atom is -0.490 e. The maximum absolute atomic E-state index is 6.39. The van der Waals surface area contributed by atoms with Crippen molar-refractivity contribution < 1.29 is 4.57 Å². The topological polar surface area (TPSA) is 9.23 Å². The van der Waals surface area contributed by atoms with Gasteiger partial charge < -0.3 is 4.57 Å². The Kier molecular flexibility index (Phi) is 2.29. The van der Waals surface area contributed by atoms with Crippen molar-refractivity contribution in [2.75, 3.05) is 0 Å². The van der Waals surface area contributed by atoms with Crippen LogP contribution in [-0.4, -0.2) is 13.8 Å². The van der Waals surface area contributed by atoms with Crippen LogP contribution in [-0.2, 0) is 11.0 Å². The molecule has 1 nitrogen and oxygen atoms in total. The van der Waals surface area contributed by atoms with Gasteiger partial charge in [0.15, 0.2) is 0 Å². The highest BCUT2D eigenvalue weighted by Gasteiger charge is 2.53. The SMILES string of the molecule is Cc1ccc2c3c1B(C(C)C)OB3C(C)(C)C2. The summed E-state index contributed by atoms with van der Waals surface area (Å²) in [5, 5.41) is 0.258. The molecule has 0 atom stereocenters. The Morgan fingerprint density at radius 2 is 1.94 bits per heavy atom. The van der Waals surface area contributed by atoms with Crippen molar-refractivity contribution in [1.82, 2.24) is 0 Å². The van der Waals surface area contributed by atoms with Crippen LogP contribution in [0.15, 0.2) is 12.1 Å². The summed E-state index contributed by atoms with van der Waals surface area (Å²) in [6.45, 7) is 12.0. The summed E-state index contributed by atoms with van der Waals surface area (Å²) < 4.78 is 6.39. The Morgan fingerprint density at radius 3 is 2.59 bits per heavy atom. The van der Waals surface area contributed by atoms with Gasteiger partial charge in [0.25, 0.3) is 0 Å². The van der Waals surface area contributed by atoms with Crippen molar-refractivity contribution in [2.45, 2.75) is 52.2 Å². The molecule has 0 radical (unpaired) electrons. The van der Waals surface area contributed by atoms with Gasteiger partial charge in [-0.25, -0.2) is 0 Å². The molecule has 0 saturated heterocycles. The van der Waals surface area contributed by atoms with E-state index in [-0.39, 0.29) is 5.31 Å². The fraction of sp³-hybridized carbons (Fsp3) is 0.571. The minimum absolute atomic E-state index is 0.258. The molecule has 2 aliphatic rings. The number of benzene rings is 1. The summed E-state index contributed by atoms with van der Waals surface area (Å²) in [6.07, 6.45) is 1.16. The molecule has 0 N–H and O–H groups in total. The van der Waals surface area contributed by atoms with Gasteiger partial charge in [-0.2, -0.15) is 0 Å². The molecule has 17 heavy (non-hydrogen) atoms. The summed E-state index contributed by atoms with van der Waals surface area (Å²) in [4.78, 5) is 0. The van der Waals surface area contributed by atoms with Crippen molar-refractivity contribution in [3.05, 3.63) is 23.3 Å². The summed E-state index contributed by atoms with van der Waals surface area (Å²) in [6, 6.07) is 4.58. The van der Waals surface area contributed by atoms with Crippen LogP contribution >= 0.6 is 0 Å². The smallest absolute Gasteiger partial charge is 0.317 e. The molecule has 1 aromatic carbocycles. The van der Waals surface area contributed by atoms with Crippen LogP contribution in [0, 0.1) is 6.92 Å². The van der Waals surface area contributed by atoms with Crippen molar-refractivity contribution in [3.63, 3.8) is 0 Å². The van der Waals surface area contributed by atoms with Gasteiger partial charge in [-0.1, -0.05) is 51.0 Å². The van der Waals surface area contributed by atoms with E-state index in [1.54, 1.807) is 0 Å². The highest BCUT2D eigenvalue weighted by Crippen LogP contribution is 2.41. The molecule has 0 spiro atoms. The number of aryl methyl sites for hydroxylation is 1.